The summed E-state index contributed by atoms with van der Waals surface area (Å²) in [5.41, 5.74) is 4.31. The zero-order valence-corrected chi connectivity index (χ0v) is 17.9. The smallest absolute Gasteiger partial charge is 0.220 e. The van der Waals surface area contributed by atoms with Gasteiger partial charge in [-0.2, -0.15) is 10.4 Å². The van der Waals surface area contributed by atoms with Crippen LogP contribution in [0.4, 0.5) is 0 Å². The van der Waals surface area contributed by atoms with Crippen LogP contribution in [0.5, 0.6) is 0 Å². The summed E-state index contributed by atoms with van der Waals surface area (Å²) in [5.74, 6) is 0.0489. The Bertz CT molecular complexity index is 866. The Morgan fingerprint density at radius 1 is 1.27 bits per heavy atom. The number of hydrogen-bond donors (Lipinski definition) is 1. The molecular weight excluding hydrogens is 378 g/mol. The van der Waals surface area contributed by atoms with Crippen LogP contribution in [0.25, 0.3) is 0 Å². The highest BCUT2D eigenvalue weighted by molar-refractivity contribution is 5.76. The molecule has 0 bridgehead atoms. The molecule has 2 heterocycles. The number of carbonyl (C=O) groups excluding carboxylic acids is 1. The van der Waals surface area contributed by atoms with Crippen molar-refractivity contribution in [1.29, 1.82) is 5.26 Å². The van der Waals surface area contributed by atoms with Gasteiger partial charge in [0.05, 0.1) is 44.0 Å². The number of amides is 1. The summed E-state index contributed by atoms with van der Waals surface area (Å²) in [6.07, 6.45) is 1.52. The van der Waals surface area contributed by atoms with E-state index >= 15 is 0 Å². The number of aryl methyl sites for hydroxylation is 2. The van der Waals surface area contributed by atoms with Gasteiger partial charge in [0.2, 0.25) is 5.91 Å². The minimum absolute atomic E-state index is 0.0489. The first-order chi connectivity index (χ1) is 14.6. The molecule has 0 aliphatic carbocycles. The highest BCUT2D eigenvalue weighted by Crippen LogP contribution is 2.21. The van der Waals surface area contributed by atoms with Crippen LogP contribution in [0.3, 0.4) is 0 Å². The van der Waals surface area contributed by atoms with E-state index in [1.54, 1.807) is 0 Å². The summed E-state index contributed by atoms with van der Waals surface area (Å²) in [7, 11) is 0. The third-order valence-corrected chi connectivity index (χ3v) is 5.73. The average molecular weight is 410 g/mol. The van der Waals surface area contributed by atoms with Crippen LogP contribution in [-0.4, -0.2) is 53.4 Å². The van der Waals surface area contributed by atoms with Crippen molar-refractivity contribution in [1.82, 2.24) is 20.0 Å². The van der Waals surface area contributed by atoms with Gasteiger partial charge in [-0.1, -0.05) is 30.3 Å². The molecule has 1 aromatic carbocycles. The summed E-state index contributed by atoms with van der Waals surface area (Å²) >= 11 is 0. The van der Waals surface area contributed by atoms with Gasteiger partial charge in [0.25, 0.3) is 0 Å². The summed E-state index contributed by atoms with van der Waals surface area (Å²) < 4.78 is 7.36. The maximum absolute atomic E-state index is 12.6. The summed E-state index contributed by atoms with van der Waals surface area (Å²) in [6, 6.07) is 12.6. The van der Waals surface area contributed by atoms with E-state index in [1.165, 1.54) is 5.56 Å². The maximum Gasteiger partial charge on any atom is 0.220 e. The fraction of sp³-hybridized carbons (Fsp3) is 0.522. The van der Waals surface area contributed by atoms with Gasteiger partial charge in [-0.05, 0) is 31.4 Å². The molecule has 3 rings (SSSR count). The van der Waals surface area contributed by atoms with Gasteiger partial charge in [0, 0.05) is 31.7 Å². The number of nitrogens with one attached hydrogen (secondary N) is 1. The number of morpholine rings is 1. The Morgan fingerprint density at radius 2 is 2.00 bits per heavy atom. The second-order valence-corrected chi connectivity index (χ2v) is 7.66. The van der Waals surface area contributed by atoms with Crippen LogP contribution >= 0.6 is 0 Å². The Labute approximate surface area is 178 Å². The Kier molecular flexibility index (Phi) is 8.00. The minimum atomic E-state index is 0.0489. The van der Waals surface area contributed by atoms with E-state index in [2.05, 4.69) is 33.5 Å². The number of ether oxygens (including phenoxy) is 1. The second kappa shape index (κ2) is 10.9. The van der Waals surface area contributed by atoms with Crippen molar-refractivity contribution < 1.29 is 9.53 Å². The van der Waals surface area contributed by atoms with Gasteiger partial charge in [-0.3, -0.25) is 14.4 Å². The molecule has 0 radical (unpaired) electrons. The minimum Gasteiger partial charge on any atom is -0.379 e. The number of aromatic nitrogens is 2. The molecule has 1 atom stereocenters. The molecule has 1 aliphatic heterocycles. The van der Waals surface area contributed by atoms with Gasteiger partial charge >= 0.3 is 0 Å². The first-order valence-electron chi connectivity index (χ1n) is 10.6. The third-order valence-electron chi connectivity index (χ3n) is 5.73. The number of rotatable bonds is 9. The lowest BCUT2D eigenvalue weighted by Crippen LogP contribution is -2.43. The lowest BCUT2D eigenvalue weighted by atomic mass is 10.0. The Balaban J connectivity index is 1.57. The zero-order valence-electron chi connectivity index (χ0n) is 17.9. The number of benzene rings is 1. The van der Waals surface area contributed by atoms with E-state index in [0.29, 0.717) is 32.4 Å². The first-order valence-corrected chi connectivity index (χ1v) is 10.6. The molecule has 160 valence electrons. The predicted octanol–water partition coefficient (Wildman–Crippen LogP) is 2.54. The average Bonchev–Trinajstić information content (AvgIpc) is 3.05. The molecule has 1 amide bonds. The van der Waals surface area contributed by atoms with Crippen LogP contribution in [0, 0.1) is 25.2 Å². The molecule has 0 spiro atoms. The Morgan fingerprint density at radius 3 is 2.70 bits per heavy atom. The van der Waals surface area contributed by atoms with E-state index in [9.17, 15) is 4.79 Å². The molecule has 30 heavy (non-hydrogen) atoms. The summed E-state index contributed by atoms with van der Waals surface area (Å²) in [6.45, 7) is 8.35. The van der Waals surface area contributed by atoms with Gasteiger partial charge in [0.1, 0.15) is 0 Å². The lowest BCUT2D eigenvalue weighted by molar-refractivity contribution is -0.121. The van der Waals surface area contributed by atoms with E-state index in [1.807, 2.05) is 36.7 Å². The molecule has 2 aromatic rings. The van der Waals surface area contributed by atoms with Crippen molar-refractivity contribution in [3.63, 3.8) is 0 Å². The summed E-state index contributed by atoms with van der Waals surface area (Å²) in [5, 5.41) is 16.4. The van der Waals surface area contributed by atoms with Crippen LogP contribution in [-0.2, 0) is 22.5 Å². The molecule has 1 N–H and O–H groups in total. The molecule has 0 saturated carbocycles. The number of nitriles is 1. The third kappa shape index (κ3) is 5.68. The second-order valence-electron chi connectivity index (χ2n) is 7.66. The van der Waals surface area contributed by atoms with Crippen LogP contribution in [0.15, 0.2) is 30.3 Å². The molecule has 1 saturated heterocycles. The number of hydrogen-bond acceptors (Lipinski definition) is 5. The summed E-state index contributed by atoms with van der Waals surface area (Å²) in [4.78, 5) is 15.0. The quantitative estimate of drug-likeness (QED) is 0.688. The molecular formula is C23H31N5O2. The highest BCUT2D eigenvalue weighted by Gasteiger charge is 2.23. The van der Waals surface area contributed by atoms with Gasteiger partial charge in [-0.25, -0.2) is 0 Å². The molecule has 7 heteroatoms. The first kappa shape index (κ1) is 22.0. The van der Waals surface area contributed by atoms with Crippen molar-refractivity contribution in [2.75, 3.05) is 32.8 Å². The van der Waals surface area contributed by atoms with Gasteiger partial charge in [0.15, 0.2) is 0 Å². The van der Waals surface area contributed by atoms with Gasteiger partial charge < -0.3 is 10.1 Å². The molecule has 1 aliphatic rings. The van der Waals surface area contributed by atoms with Crippen LogP contribution in [0.2, 0.25) is 0 Å². The lowest BCUT2D eigenvalue weighted by Gasteiger charge is -2.35. The number of carbonyl (C=O) groups is 1. The monoisotopic (exact) mass is 409 g/mol. The largest absolute Gasteiger partial charge is 0.379 e. The van der Waals surface area contributed by atoms with Gasteiger partial charge in [-0.15, -0.1) is 0 Å². The zero-order chi connectivity index (χ0) is 21.3. The predicted molar refractivity (Wildman–Crippen MR) is 115 cm³/mol. The topological polar surface area (TPSA) is 83.2 Å². The fourth-order valence-corrected chi connectivity index (χ4v) is 4.03. The maximum atomic E-state index is 12.6. The van der Waals surface area contributed by atoms with Crippen LogP contribution < -0.4 is 5.32 Å². The molecule has 7 nitrogen and oxygen atoms in total. The highest BCUT2D eigenvalue weighted by atomic mass is 16.5. The van der Waals surface area contributed by atoms with E-state index in [4.69, 9.17) is 10.00 Å². The molecule has 1 aromatic heterocycles. The Hall–Kier alpha value is -2.69. The van der Waals surface area contributed by atoms with E-state index in [-0.39, 0.29) is 11.9 Å². The molecule has 1 unspecified atom stereocenters. The fourth-order valence-electron chi connectivity index (χ4n) is 4.03. The SMILES string of the molecule is Cc1nn(CCC#N)c(C)c1CCC(=O)NCC(c1ccccc1)N1CCOCC1. The number of nitrogens with zero attached hydrogens (tertiary/aromatic N) is 4. The molecule has 1 fully saturated rings. The van der Waals surface area contributed by atoms with E-state index in [0.717, 1.165) is 43.3 Å². The van der Waals surface area contributed by atoms with Crippen molar-refractivity contribution in [2.24, 2.45) is 0 Å². The standard InChI is InChI=1S/C23H31N5O2/c1-18-21(19(2)28(26-18)12-6-11-24)9-10-23(29)25-17-22(20-7-4-3-5-8-20)27-13-15-30-16-14-27/h3-5,7-8,22H,6,9-10,12-17H2,1-2H3,(H,25,29). The van der Waals surface area contributed by atoms with Crippen molar-refractivity contribution in [2.45, 2.75) is 45.7 Å². The normalized spacial score (nSPS) is 15.5. The van der Waals surface area contributed by atoms with Crippen molar-refractivity contribution >= 4 is 5.91 Å². The van der Waals surface area contributed by atoms with Crippen LogP contribution in [0.1, 0.15) is 41.4 Å². The van der Waals surface area contributed by atoms with Crippen molar-refractivity contribution in [3.05, 3.63) is 52.8 Å². The van der Waals surface area contributed by atoms with E-state index < -0.39 is 0 Å². The van der Waals surface area contributed by atoms with Crippen molar-refractivity contribution in [3.8, 4) is 6.07 Å².